The highest BCUT2D eigenvalue weighted by atomic mass is 19.1. The van der Waals surface area contributed by atoms with Gasteiger partial charge in [0.25, 0.3) is 0 Å². The summed E-state index contributed by atoms with van der Waals surface area (Å²) in [6.45, 7) is 15.9. The van der Waals surface area contributed by atoms with Crippen LogP contribution >= 0.6 is 0 Å². The molecule has 15 aromatic rings. The predicted octanol–water partition coefficient (Wildman–Crippen LogP) is 16.6. The summed E-state index contributed by atoms with van der Waals surface area (Å²) in [6.07, 6.45) is 16.3. The second kappa shape index (κ2) is 55.9. The number of carbonyl (C=O) groups is 6. The number of aliphatic hydroxyl groups is 2. The monoisotopic (exact) mass is 2030 g/mol. The molecule has 0 saturated heterocycles. The van der Waals surface area contributed by atoms with Crippen molar-refractivity contribution in [2.45, 2.75) is 203 Å². The molecule has 0 radical (unpaired) electrons. The Labute approximate surface area is 861 Å². The van der Waals surface area contributed by atoms with Gasteiger partial charge in [0, 0.05) is 135 Å². The van der Waals surface area contributed by atoms with Crippen molar-refractivity contribution < 1.29 is 91.9 Å². The standard InChI is InChI=1S/C24H26N2O5.C23H27FN4O2.C22H26FN5O2.C22H22FN3O5.C21H24N4O2/c1-30-23-12-11-22(31-16-17-7-3-2-4-8-17)21(26-23)10-6-5-9-19-13-18(24(28)29)14-20(15-27)25-19;1-16-11-18(23(29)30)12-20(26-16)5-4-6-22-25-13-21(15-27(2)3)28(22)14-17-7-9-19(24)10-8-17;1-14-9-16(20(29)30)10-18(25-14)11-24-12-19-26-27-21(22(2,3)4)28(19)13-15-5-7-17(23)8-6-15;1-31-22(30)19-12-26(11-14-5-7-16(23)8-6-14)20(25-19)4-2-3-17-9-15(21(28)29)10-18(13-27)24-17;1-15-10-18(21(26)27)12-19(24-15)6-3-7-20-23-8-9-25(20)14-17-5-2-4-16(11-17)13-22/h2-4,7-8,11-14,27H,5-6,9-10,15-16H2,1H3,(H,28,29);7-13H,4-6,14-15H2,1-3H3,(H,29,30);5-10,24H,11-13H2,1-4H3,(H,29,30);5-10,12,27H,2-4,11,13H2,1H3,(H,28,29);2,4-5,8-12H,3,6-7,13-14,22H2,1H3,(H,26,27). The third-order valence-corrected chi connectivity index (χ3v) is 23.4. The third-order valence-electron chi connectivity index (χ3n) is 23.4. The number of methoxy groups -OCH3 is 2. The number of halogens is 3. The highest BCUT2D eigenvalue weighted by Crippen LogP contribution is 2.28. The minimum atomic E-state index is -1.09. The first kappa shape index (κ1) is 113. The number of imidazole rings is 3. The molecule has 37 heteroatoms. The van der Waals surface area contributed by atoms with Gasteiger partial charge in [-0.25, -0.2) is 61.9 Å². The van der Waals surface area contributed by atoms with Crippen molar-refractivity contribution in [1.82, 2.24) is 83.5 Å². The number of esters is 1. The minimum Gasteiger partial charge on any atom is -0.487 e. The molecule has 34 nitrogen and oxygen atoms in total. The third kappa shape index (κ3) is 35.9. The van der Waals surface area contributed by atoms with Crippen LogP contribution in [0.3, 0.4) is 0 Å². The maximum absolute atomic E-state index is 13.3. The lowest BCUT2D eigenvalue weighted by Crippen LogP contribution is -2.23. The largest absolute Gasteiger partial charge is 0.487 e. The molecular weight excluding hydrogens is 1910 g/mol. The molecule has 0 aliphatic heterocycles. The lowest BCUT2D eigenvalue weighted by atomic mass is 9.95. The molecular formula is C112H125F3N18O16. The first-order valence-electron chi connectivity index (χ1n) is 48.5. The molecule has 10 heterocycles. The smallest absolute Gasteiger partial charge is 0.358 e. The van der Waals surface area contributed by atoms with E-state index in [9.17, 15) is 77.7 Å². The molecule has 780 valence electrons. The van der Waals surface area contributed by atoms with Gasteiger partial charge in [-0.1, -0.05) is 112 Å². The number of rotatable bonds is 44. The summed E-state index contributed by atoms with van der Waals surface area (Å²) in [5, 5.41) is 76.7. The normalized spacial score (nSPS) is 11.0. The minimum absolute atomic E-state index is 0.0693. The van der Waals surface area contributed by atoms with Gasteiger partial charge in [0.2, 0.25) is 5.88 Å². The number of unbranched alkanes of at least 4 members (excludes halogenated alkanes) is 1. The number of ether oxygens (including phenoxy) is 3. The van der Waals surface area contributed by atoms with Gasteiger partial charge in [-0.15, -0.1) is 10.2 Å². The molecule has 0 saturated carbocycles. The number of nitrogens with two attached hydrogens (primary N) is 1. The molecule has 0 amide bonds. The van der Waals surface area contributed by atoms with E-state index in [0.717, 1.165) is 143 Å². The highest BCUT2D eigenvalue weighted by Gasteiger charge is 2.26. The zero-order valence-electron chi connectivity index (χ0n) is 85.0. The van der Waals surface area contributed by atoms with E-state index >= 15 is 0 Å². The zero-order chi connectivity index (χ0) is 107. The molecule has 0 atom stereocenters. The maximum atomic E-state index is 13.3. The highest BCUT2D eigenvalue weighted by molar-refractivity contribution is 5.90. The quantitative estimate of drug-likeness (QED) is 0.0126. The van der Waals surface area contributed by atoms with E-state index in [1.807, 2.05) is 92.7 Å². The Morgan fingerprint density at radius 1 is 0.430 bits per heavy atom. The number of aromatic carboxylic acids is 5. The van der Waals surface area contributed by atoms with Crippen LogP contribution in [0.1, 0.15) is 246 Å². The number of carbonyl (C=O) groups excluding carboxylic acids is 1. The molecule has 5 aromatic carbocycles. The molecule has 10 N–H and O–H groups in total. The van der Waals surface area contributed by atoms with Crippen LogP contribution in [0.2, 0.25) is 0 Å². The number of benzene rings is 5. The number of carboxylic acids is 5. The molecule has 0 spiro atoms. The van der Waals surface area contributed by atoms with Crippen LogP contribution < -0.4 is 20.5 Å². The first-order chi connectivity index (χ1) is 71.5. The number of hydrogen-bond donors (Lipinski definition) is 9. The van der Waals surface area contributed by atoms with Gasteiger partial charge < -0.3 is 84.2 Å². The fourth-order valence-electron chi connectivity index (χ4n) is 16.3. The Balaban J connectivity index is 0.000000177. The average molecular weight is 2040 g/mol. The Hall–Kier alpha value is -16.2. The Morgan fingerprint density at radius 3 is 1.39 bits per heavy atom. The molecule has 0 unspecified atom stereocenters. The summed E-state index contributed by atoms with van der Waals surface area (Å²) in [7, 11) is 6.88. The van der Waals surface area contributed by atoms with E-state index < -0.39 is 35.8 Å². The number of pyridine rings is 6. The lowest BCUT2D eigenvalue weighted by molar-refractivity contribution is 0.0591. The molecule has 0 aliphatic rings. The second-order valence-electron chi connectivity index (χ2n) is 36.7. The summed E-state index contributed by atoms with van der Waals surface area (Å²) < 4.78 is 63.9. The maximum Gasteiger partial charge on any atom is 0.358 e. The SMILES string of the molecule is COC(=O)c1cn(Cc2ccc(F)cc2)c(CCCc2cc(C(=O)O)cc(CO)n2)n1.COc1ccc(OCc2ccccc2)c(CCCCc2cc(C(=O)O)cc(CO)n2)n1.Cc1cc(C(=O)O)cc(CCCc2ncc(CN(C)C)n2Cc2ccc(F)cc2)n1.Cc1cc(C(=O)O)cc(CCCc2nccn2Cc2cccc(CN)c2)n1.Cc1cc(C(=O)O)cc(CNCc2nnc(C(C)(C)C)n2Cc2ccc(F)cc2)n1. The van der Waals surface area contributed by atoms with Crippen LogP contribution in [0.4, 0.5) is 13.2 Å². The number of carboxylic acid groups (broad SMARTS) is 5. The van der Waals surface area contributed by atoms with Gasteiger partial charge in [0.15, 0.2) is 5.69 Å². The van der Waals surface area contributed by atoms with Gasteiger partial charge >= 0.3 is 35.8 Å². The number of nitrogens with zero attached hydrogens (tertiary/aromatic N) is 16. The van der Waals surface area contributed by atoms with Crippen molar-refractivity contribution in [3.63, 3.8) is 0 Å². The number of aryl methyl sites for hydroxylation is 11. The van der Waals surface area contributed by atoms with Crippen LogP contribution in [-0.2, 0) is 134 Å². The van der Waals surface area contributed by atoms with Crippen molar-refractivity contribution in [3.8, 4) is 11.6 Å². The van der Waals surface area contributed by atoms with Gasteiger partial charge in [-0.3, -0.25) is 24.9 Å². The Kier molecular flexibility index (Phi) is 42.4. The summed E-state index contributed by atoms with van der Waals surface area (Å²) >= 11 is 0. The molecule has 10 aromatic heterocycles. The first-order valence-corrected chi connectivity index (χ1v) is 48.5. The van der Waals surface area contributed by atoms with Crippen molar-refractivity contribution in [1.29, 1.82) is 0 Å². The van der Waals surface area contributed by atoms with Crippen LogP contribution in [0.5, 0.6) is 11.6 Å². The van der Waals surface area contributed by atoms with Crippen molar-refractivity contribution >= 4 is 35.8 Å². The summed E-state index contributed by atoms with van der Waals surface area (Å²) in [4.78, 5) is 110. The van der Waals surface area contributed by atoms with Gasteiger partial charge in [0.05, 0.1) is 96.8 Å². The summed E-state index contributed by atoms with van der Waals surface area (Å²) in [5.41, 5.74) is 21.0. The fourth-order valence-corrected chi connectivity index (χ4v) is 16.3. The van der Waals surface area contributed by atoms with Gasteiger partial charge in [-0.2, -0.15) is 0 Å². The molecule has 0 aliphatic carbocycles. The zero-order valence-corrected chi connectivity index (χ0v) is 85.0. The van der Waals surface area contributed by atoms with Crippen LogP contribution in [0.15, 0.2) is 225 Å². The van der Waals surface area contributed by atoms with Gasteiger partial charge in [-0.05, 0) is 236 Å². The topological polar surface area (TPSA) is 475 Å². The molecule has 0 fully saturated rings. The van der Waals surface area contributed by atoms with E-state index in [2.05, 4.69) is 107 Å². The van der Waals surface area contributed by atoms with E-state index in [0.29, 0.717) is 142 Å². The van der Waals surface area contributed by atoms with E-state index in [-0.39, 0.29) is 64.0 Å². The number of aromatic nitrogens is 15. The van der Waals surface area contributed by atoms with E-state index in [1.54, 1.807) is 117 Å². The van der Waals surface area contributed by atoms with E-state index in [4.69, 9.17) is 19.9 Å². The van der Waals surface area contributed by atoms with Gasteiger partial charge in [0.1, 0.15) is 58.9 Å². The Morgan fingerprint density at radius 2 is 0.886 bits per heavy atom. The van der Waals surface area contributed by atoms with Crippen LogP contribution in [-0.4, -0.2) is 178 Å². The molecule has 0 bridgehead atoms. The second-order valence-corrected chi connectivity index (χ2v) is 36.7. The fraction of sp³-hybridized carbons (Fsp3) is 0.312. The lowest BCUT2D eigenvalue weighted by Gasteiger charge is -2.20. The van der Waals surface area contributed by atoms with Crippen LogP contribution in [0, 0.1) is 38.2 Å². The molecule has 15 rings (SSSR count). The Bertz CT molecular complexity index is 6990. The van der Waals surface area contributed by atoms with Crippen molar-refractivity contribution in [2.75, 3.05) is 28.3 Å². The predicted molar refractivity (Wildman–Crippen MR) is 551 cm³/mol. The number of aliphatic hydroxyl groups excluding tert-OH is 2. The average Bonchev–Trinajstić information content (AvgIpc) is 1.66. The van der Waals surface area contributed by atoms with E-state index in [1.165, 1.54) is 67.3 Å². The molecule has 149 heavy (non-hydrogen) atoms. The summed E-state index contributed by atoms with van der Waals surface area (Å²) in [5.74, 6) is -0.901. The number of nitrogens with one attached hydrogen (secondary N) is 1. The van der Waals surface area contributed by atoms with Crippen molar-refractivity contribution in [3.05, 3.63) is 407 Å². The van der Waals surface area contributed by atoms with Crippen LogP contribution in [0.25, 0.3) is 0 Å². The number of hydrogen-bond acceptors (Lipinski definition) is 25. The summed E-state index contributed by atoms with van der Waals surface area (Å²) in [6, 6.07) is 56.2. The van der Waals surface area contributed by atoms with Crippen molar-refractivity contribution in [2.24, 2.45) is 5.73 Å².